The molecule has 0 amide bonds. The predicted octanol–water partition coefficient (Wildman–Crippen LogP) is 5.85. The van der Waals surface area contributed by atoms with E-state index in [0.717, 1.165) is 37.3 Å². The molecule has 1 unspecified atom stereocenters. The minimum absolute atomic E-state index is 0.458. The molecule has 2 nitrogen and oxygen atoms in total. The van der Waals surface area contributed by atoms with Crippen molar-refractivity contribution >= 4 is 0 Å². The molecule has 3 aliphatic rings. The first-order chi connectivity index (χ1) is 14.6. The van der Waals surface area contributed by atoms with Crippen LogP contribution in [0.3, 0.4) is 0 Å². The van der Waals surface area contributed by atoms with Crippen molar-refractivity contribution in [2.24, 2.45) is 23.2 Å². The lowest BCUT2D eigenvalue weighted by molar-refractivity contribution is -0.104. The maximum absolute atomic E-state index is 3.83. The Bertz CT molecular complexity index is 728. The van der Waals surface area contributed by atoms with Crippen molar-refractivity contribution in [1.82, 2.24) is 10.6 Å². The zero-order valence-corrected chi connectivity index (χ0v) is 19.1. The minimum atomic E-state index is 0.458. The Kier molecular flexibility index (Phi) is 6.95. The SMILES string of the molecule is CC(CNCCC(c1ccccc1)c1ccccc1)NC[C@@H]1CC[C@H]2C[C@@H]1C2(C)C. The van der Waals surface area contributed by atoms with Crippen LogP contribution >= 0.6 is 0 Å². The quantitative estimate of drug-likeness (QED) is 0.486. The van der Waals surface area contributed by atoms with Gasteiger partial charge in [0.15, 0.2) is 0 Å². The van der Waals surface area contributed by atoms with E-state index in [1.807, 2.05) is 0 Å². The summed E-state index contributed by atoms with van der Waals surface area (Å²) < 4.78 is 0. The maximum Gasteiger partial charge on any atom is 0.0164 e. The van der Waals surface area contributed by atoms with Gasteiger partial charge in [-0.3, -0.25) is 0 Å². The lowest BCUT2D eigenvalue weighted by atomic mass is 9.45. The summed E-state index contributed by atoms with van der Waals surface area (Å²) in [4.78, 5) is 0. The highest BCUT2D eigenvalue weighted by Crippen LogP contribution is 2.61. The highest BCUT2D eigenvalue weighted by Gasteiger charge is 2.53. The molecule has 4 atom stereocenters. The molecule has 0 radical (unpaired) electrons. The second kappa shape index (κ2) is 9.66. The fourth-order valence-electron chi connectivity index (χ4n) is 6.09. The van der Waals surface area contributed by atoms with Crippen molar-refractivity contribution in [3.63, 3.8) is 0 Å². The van der Waals surface area contributed by atoms with Crippen LogP contribution in [-0.4, -0.2) is 25.7 Å². The monoisotopic (exact) mass is 404 g/mol. The molecule has 3 aliphatic carbocycles. The average Bonchev–Trinajstić information content (AvgIpc) is 2.79. The van der Waals surface area contributed by atoms with Gasteiger partial charge in [0.05, 0.1) is 0 Å². The second-order valence-corrected chi connectivity index (χ2v) is 10.4. The molecule has 30 heavy (non-hydrogen) atoms. The molecule has 0 saturated heterocycles. The van der Waals surface area contributed by atoms with Gasteiger partial charge in [-0.2, -0.15) is 0 Å². The first-order valence-corrected chi connectivity index (χ1v) is 12.1. The van der Waals surface area contributed by atoms with Crippen LogP contribution in [0.25, 0.3) is 0 Å². The summed E-state index contributed by atoms with van der Waals surface area (Å²) in [7, 11) is 0. The predicted molar refractivity (Wildman–Crippen MR) is 128 cm³/mol. The molecule has 5 rings (SSSR count). The number of hydrogen-bond acceptors (Lipinski definition) is 2. The second-order valence-electron chi connectivity index (χ2n) is 10.4. The largest absolute Gasteiger partial charge is 0.315 e. The third-order valence-electron chi connectivity index (χ3n) is 8.19. The highest BCUT2D eigenvalue weighted by atomic mass is 15.0. The zero-order valence-electron chi connectivity index (χ0n) is 19.1. The Labute approximate surface area is 183 Å². The third-order valence-corrected chi connectivity index (χ3v) is 8.19. The molecular weight excluding hydrogens is 364 g/mol. The first kappa shape index (κ1) is 21.6. The van der Waals surface area contributed by atoms with Crippen LogP contribution in [0.2, 0.25) is 0 Å². The van der Waals surface area contributed by atoms with Crippen LogP contribution < -0.4 is 10.6 Å². The van der Waals surface area contributed by atoms with Crippen molar-refractivity contribution in [1.29, 1.82) is 0 Å². The standard InChI is InChI=1S/C28H40N2/c1-21(30-20-24-14-15-25-18-27(24)28(25,2)3)19-29-17-16-26(22-10-6-4-7-11-22)23-12-8-5-9-13-23/h4-13,21,24-27,29-30H,14-20H2,1-3H3/t21?,24-,25-,27-/m0/s1. The van der Waals surface area contributed by atoms with Gasteiger partial charge in [-0.25, -0.2) is 0 Å². The number of fused-ring (bicyclic) bond motifs is 2. The van der Waals surface area contributed by atoms with Gasteiger partial charge in [0, 0.05) is 18.5 Å². The van der Waals surface area contributed by atoms with E-state index in [1.54, 1.807) is 0 Å². The Balaban J connectivity index is 1.21. The summed E-state index contributed by atoms with van der Waals surface area (Å²) in [6, 6.07) is 22.4. The van der Waals surface area contributed by atoms with Gasteiger partial charge in [0.25, 0.3) is 0 Å². The van der Waals surface area contributed by atoms with Crippen LogP contribution in [0, 0.1) is 23.2 Å². The summed E-state index contributed by atoms with van der Waals surface area (Å²) in [5.41, 5.74) is 3.42. The van der Waals surface area contributed by atoms with E-state index < -0.39 is 0 Å². The maximum atomic E-state index is 3.83. The Hall–Kier alpha value is -1.64. The molecular formula is C28H40N2. The Morgan fingerprint density at radius 2 is 1.57 bits per heavy atom. The van der Waals surface area contributed by atoms with E-state index in [4.69, 9.17) is 0 Å². The topological polar surface area (TPSA) is 24.1 Å². The molecule has 3 saturated carbocycles. The van der Waals surface area contributed by atoms with Gasteiger partial charge in [-0.15, -0.1) is 0 Å². The van der Waals surface area contributed by atoms with E-state index in [2.05, 4.69) is 92.1 Å². The molecule has 162 valence electrons. The number of benzene rings is 2. The van der Waals surface area contributed by atoms with Crippen molar-refractivity contribution in [3.05, 3.63) is 71.8 Å². The van der Waals surface area contributed by atoms with Gasteiger partial charge in [-0.1, -0.05) is 74.5 Å². The molecule has 2 aromatic rings. The summed E-state index contributed by atoms with van der Waals surface area (Å²) in [6.45, 7) is 10.6. The van der Waals surface area contributed by atoms with E-state index in [1.165, 1.54) is 36.9 Å². The van der Waals surface area contributed by atoms with Crippen LogP contribution in [0.4, 0.5) is 0 Å². The Morgan fingerprint density at radius 3 is 2.13 bits per heavy atom. The van der Waals surface area contributed by atoms with Crippen molar-refractivity contribution in [2.75, 3.05) is 19.6 Å². The van der Waals surface area contributed by atoms with Gasteiger partial charge in [0.2, 0.25) is 0 Å². The van der Waals surface area contributed by atoms with Crippen LogP contribution in [0.1, 0.15) is 63.5 Å². The first-order valence-electron chi connectivity index (χ1n) is 12.1. The van der Waals surface area contributed by atoms with Crippen molar-refractivity contribution in [2.45, 2.75) is 58.4 Å². The summed E-state index contributed by atoms with van der Waals surface area (Å²) in [5, 5.41) is 7.55. The van der Waals surface area contributed by atoms with Gasteiger partial charge in [0.1, 0.15) is 0 Å². The molecule has 2 bridgehead atoms. The lowest BCUT2D eigenvalue weighted by Crippen LogP contribution is -2.55. The molecule has 0 aromatic heterocycles. The molecule has 2 N–H and O–H groups in total. The molecule has 3 fully saturated rings. The lowest BCUT2D eigenvalue weighted by Gasteiger charge is -2.60. The van der Waals surface area contributed by atoms with Crippen molar-refractivity contribution in [3.8, 4) is 0 Å². The normalized spacial score (nSPS) is 25.7. The van der Waals surface area contributed by atoms with E-state index in [9.17, 15) is 0 Å². The fraction of sp³-hybridized carbons (Fsp3) is 0.571. The summed E-state index contributed by atoms with van der Waals surface area (Å²) >= 11 is 0. The Morgan fingerprint density at radius 1 is 0.933 bits per heavy atom. The van der Waals surface area contributed by atoms with E-state index in [0.29, 0.717) is 17.4 Å². The number of rotatable bonds is 10. The smallest absolute Gasteiger partial charge is 0.0164 e. The molecule has 0 aliphatic heterocycles. The zero-order chi connectivity index (χ0) is 21.0. The third kappa shape index (κ3) is 4.81. The van der Waals surface area contributed by atoms with Gasteiger partial charge in [-0.05, 0) is 80.0 Å². The van der Waals surface area contributed by atoms with Gasteiger partial charge >= 0.3 is 0 Å². The molecule has 0 heterocycles. The van der Waals surface area contributed by atoms with E-state index in [-0.39, 0.29) is 0 Å². The fourth-order valence-corrected chi connectivity index (χ4v) is 6.09. The number of nitrogens with one attached hydrogen (secondary N) is 2. The van der Waals surface area contributed by atoms with Crippen molar-refractivity contribution < 1.29 is 0 Å². The molecule has 2 heteroatoms. The van der Waals surface area contributed by atoms with E-state index >= 15 is 0 Å². The molecule has 0 spiro atoms. The van der Waals surface area contributed by atoms with Crippen LogP contribution in [-0.2, 0) is 0 Å². The highest BCUT2D eigenvalue weighted by molar-refractivity contribution is 5.32. The van der Waals surface area contributed by atoms with Crippen LogP contribution in [0.5, 0.6) is 0 Å². The van der Waals surface area contributed by atoms with Gasteiger partial charge < -0.3 is 10.6 Å². The number of hydrogen-bond donors (Lipinski definition) is 2. The summed E-state index contributed by atoms with van der Waals surface area (Å²) in [6.07, 6.45) is 5.48. The van der Waals surface area contributed by atoms with Crippen LogP contribution in [0.15, 0.2) is 60.7 Å². The molecule has 2 aromatic carbocycles. The minimum Gasteiger partial charge on any atom is -0.315 e. The average molecular weight is 405 g/mol. The summed E-state index contributed by atoms with van der Waals surface area (Å²) in [5.74, 6) is 3.29.